The molecular formula is C122H76N10O2S. The van der Waals surface area contributed by atoms with Gasteiger partial charge in [0.15, 0.2) is 40.3 Å². The Bertz CT molecular complexity index is 8510. The van der Waals surface area contributed by atoms with Crippen LogP contribution < -0.4 is 0 Å². The first kappa shape index (κ1) is 80.3. The molecule has 0 N–H and O–H groups in total. The molecule has 6 heterocycles. The van der Waals surface area contributed by atoms with Gasteiger partial charge in [0.2, 0.25) is 11.8 Å². The number of hydrogen-bond acceptors (Lipinski definition) is 13. The maximum Gasteiger partial charge on any atom is 0.227 e. The number of oxazole rings is 2. The fraction of sp³-hybridized carbons (Fsp3) is 0. The van der Waals surface area contributed by atoms with Crippen molar-refractivity contribution in [2.24, 2.45) is 0 Å². The van der Waals surface area contributed by atoms with E-state index in [9.17, 15) is 0 Å². The fourth-order valence-corrected chi connectivity index (χ4v) is 18.9. The van der Waals surface area contributed by atoms with E-state index >= 15 is 0 Å². The van der Waals surface area contributed by atoms with Gasteiger partial charge in [0.1, 0.15) is 16.0 Å². The number of nitrogens with zero attached hydrogens (tertiary/aromatic N) is 10. The standard InChI is InChI=1S/C43H27N3O.C43H27N3S.C36H22N4O/c2*1-4-10-28(11-5-1)29-16-18-31(19-17-29)38-27-37(30-12-6-2-7-13-30)44-42(45-38)35-22-24-36-34(26-35)21-20-32-23-25-39-41(40(32)36)46-43(47-39)33-14-8-3-9-15-33;1-4-10-24(11-5-1)33-38-34(25-12-6-2-7-13-25)40-35(39-33)28-18-20-29-27(22-28)17-16-23-19-21-30-32(31(23)29)41-36(37-30)26-14-8-3-9-15-26/h2*1-27H;1-22H. The minimum absolute atomic E-state index is 0.619. The van der Waals surface area contributed by atoms with Crippen LogP contribution in [0.1, 0.15) is 0 Å². The molecule has 0 fully saturated rings. The van der Waals surface area contributed by atoms with Crippen LogP contribution in [0.2, 0.25) is 0 Å². The van der Waals surface area contributed by atoms with Crippen molar-refractivity contribution in [2.45, 2.75) is 0 Å². The first-order valence-corrected chi connectivity index (χ1v) is 45.7. The van der Waals surface area contributed by atoms with Gasteiger partial charge in [-0.1, -0.05) is 388 Å². The molecule has 0 amide bonds. The van der Waals surface area contributed by atoms with Gasteiger partial charge in [-0.05, 0) is 144 Å². The molecule has 632 valence electrons. The van der Waals surface area contributed by atoms with E-state index in [1.807, 2.05) is 176 Å². The minimum atomic E-state index is 0.619. The summed E-state index contributed by atoms with van der Waals surface area (Å²) in [4.78, 5) is 50.0. The van der Waals surface area contributed by atoms with Gasteiger partial charge in [-0.15, -0.1) is 11.3 Å². The smallest absolute Gasteiger partial charge is 0.227 e. The Morgan fingerprint density at radius 3 is 0.904 bits per heavy atom. The largest absolute Gasteiger partial charge is 0.436 e. The molecule has 26 aromatic rings. The highest BCUT2D eigenvalue weighted by Gasteiger charge is 2.22. The van der Waals surface area contributed by atoms with E-state index < -0.39 is 0 Å². The molecule has 0 aliphatic rings. The first-order chi connectivity index (χ1) is 66.8. The van der Waals surface area contributed by atoms with E-state index in [1.165, 1.54) is 43.1 Å². The predicted molar refractivity (Wildman–Crippen MR) is 553 cm³/mol. The van der Waals surface area contributed by atoms with E-state index in [4.69, 9.17) is 58.7 Å². The Balaban J connectivity index is 0.000000111. The summed E-state index contributed by atoms with van der Waals surface area (Å²) in [5.74, 6) is 4.54. The molecule has 0 saturated heterocycles. The lowest BCUT2D eigenvalue weighted by Gasteiger charge is -2.11. The van der Waals surface area contributed by atoms with Gasteiger partial charge >= 0.3 is 0 Å². The second-order valence-corrected chi connectivity index (χ2v) is 34.3. The van der Waals surface area contributed by atoms with Crippen molar-refractivity contribution < 1.29 is 8.83 Å². The number of benzene rings is 20. The third-order valence-corrected chi connectivity index (χ3v) is 25.8. The summed E-state index contributed by atoms with van der Waals surface area (Å²) in [7, 11) is 0. The van der Waals surface area contributed by atoms with E-state index in [0.717, 1.165) is 171 Å². The number of thiazole rings is 1. The van der Waals surface area contributed by atoms with Gasteiger partial charge in [0.25, 0.3) is 0 Å². The van der Waals surface area contributed by atoms with Crippen molar-refractivity contribution in [2.75, 3.05) is 0 Å². The lowest BCUT2D eigenvalue weighted by molar-refractivity contribution is 0.620. The summed E-state index contributed by atoms with van der Waals surface area (Å²) in [5, 5.41) is 14.4. The van der Waals surface area contributed by atoms with E-state index in [2.05, 4.69) is 285 Å². The number of hydrogen-bond donors (Lipinski definition) is 0. The number of aromatic nitrogens is 10. The SMILES string of the molecule is c1ccc(-c2ccc(-c3cc(-c4ccccc4)nc(-c4ccc5c(ccc6ccc7oc(-c8ccccc8)nc7c65)c4)n3)cc2)cc1.c1ccc(-c2ccc(-c3cc(-c4ccccc4)nc(-c4ccc5c(ccc6ccc7sc(-c8ccccc8)nc7c65)c4)n3)cc2)cc1.c1ccc(-c2nc(-c3ccccc3)nc(-c3ccc4c(ccc5ccc6nc(-c7ccccc7)oc6c54)c3)n2)cc1. The van der Waals surface area contributed by atoms with Crippen LogP contribution in [0.3, 0.4) is 0 Å². The molecule has 0 bridgehead atoms. The summed E-state index contributed by atoms with van der Waals surface area (Å²) in [6.45, 7) is 0. The van der Waals surface area contributed by atoms with Gasteiger partial charge < -0.3 is 8.83 Å². The van der Waals surface area contributed by atoms with Crippen molar-refractivity contribution in [3.8, 4) is 158 Å². The molecule has 0 aliphatic carbocycles. The molecule has 0 spiro atoms. The van der Waals surface area contributed by atoms with Crippen LogP contribution in [0.4, 0.5) is 0 Å². The maximum absolute atomic E-state index is 6.38. The lowest BCUT2D eigenvalue weighted by Crippen LogP contribution is -2.00. The van der Waals surface area contributed by atoms with Crippen molar-refractivity contribution >= 4 is 108 Å². The molecule has 0 atom stereocenters. The van der Waals surface area contributed by atoms with Crippen LogP contribution in [-0.2, 0) is 0 Å². The third-order valence-electron chi connectivity index (χ3n) is 24.8. The van der Waals surface area contributed by atoms with Gasteiger partial charge in [-0.3, -0.25) is 0 Å². The zero-order valence-electron chi connectivity index (χ0n) is 72.6. The van der Waals surface area contributed by atoms with Crippen molar-refractivity contribution in [3.05, 3.63) is 461 Å². The van der Waals surface area contributed by atoms with Gasteiger partial charge in [-0.25, -0.2) is 49.8 Å². The normalized spacial score (nSPS) is 11.4. The Kier molecular flexibility index (Phi) is 20.9. The van der Waals surface area contributed by atoms with Gasteiger partial charge in [0, 0.05) is 82.9 Å². The molecule has 12 nitrogen and oxygen atoms in total. The van der Waals surface area contributed by atoms with Crippen molar-refractivity contribution in [1.82, 2.24) is 49.8 Å². The Morgan fingerprint density at radius 2 is 0.474 bits per heavy atom. The lowest BCUT2D eigenvalue weighted by atomic mass is 9.98. The van der Waals surface area contributed by atoms with Gasteiger partial charge in [0.05, 0.1) is 33.0 Å². The van der Waals surface area contributed by atoms with Crippen molar-refractivity contribution in [3.63, 3.8) is 0 Å². The van der Waals surface area contributed by atoms with Gasteiger partial charge in [-0.2, -0.15) is 0 Å². The summed E-state index contributed by atoms with van der Waals surface area (Å²) >= 11 is 1.74. The second-order valence-electron chi connectivity index (χ2n) is 33.3. The highest BCUT2D eigenvalue weighted by Crippen LogP contribution is 2.44. The van der Waals surface area contributed by atoms with Crippen LogP contribution in [-0.4, -0.2) is 49.8 Å². The zero-order chi connectivity index (χ0) is 89.5. The number of fused-ring (bicyclic) bond motifs is 15. The molecule has 0 saturated carbocycles. The molecule has 0 aliphatic heterocycles. The maximum atomic E-state index is 6.38. The summed E-state index contributed by atoms with van der Waals surface area (Å²) < 4.78 is 13.8. The monoisotopic (exact) mass is 1740 g/mol. The summed E-state index contributed by atoms with van der Waals surface area (Å²) in [5.41, 5.74) is 24.6. The highest BCUT2D eigenvalue weighted by atomic mass is 32.1. The topological polar surface area (TPSA) is 155 Å². The molecule has 0 radical (unpaired) electrons. The third kappa shape index (κ3) is 16.0. The Labute approximate surface area is 780 Å². The predicted octanol–water partition coefficient (Wildman–Crippen LogP) is 32.0. The van der Waals surface area contributed by atoms with Crippen LogP contribution in [0.25, 0.3) is 255 Å². The molecule has 13 heteroatoms. The number of rotatable bonds is 14. The quantitative estimate of drug-likeness (QED) is 0.0952. The molecule has 0 unspecified atom stereocenters. The van der Waals surface area contributed by atoms with E-state index in [-0.39, 0.29) is 0 Å². The van der Waals surface area contributed by atoms with Crippen LogP contribution >= 0.6 is 11.3 Å². The van der Waals surface area contributed by atoms with E-state index in [0.29, 0.717) is 40.9 Å². The van der Waals surface area contributed by atoms with E-state index in [1.54, 1.807) is 11.3 Å². The second kappa shape index (κ2) is 35.1. The van der Waals surface area contributed by atoms with Crippen LogP contribution in [0.15, 0.2) is 470 Å². The fourth-order valence-electron chi connectivity index (χ4n) is 18.0. The highest BCUT2D eigenvalue weighted by molar-refractivity contribution is 7.21. The Hall–Kier alpha value is -18.0. The minimum Gasteiger partial charge on any atom is -0.436 e. The Morgan fingerprint density at radius 1 is 0.178 bits per heavy atom. The molecular weight excluding hydrogens is 1670 g/mol. The average molecular weight is 1750 g/mol. The molecule has 6 aromatic heterocycles. The summed E-state index contributed by atoms with van der Waals surface area (Å²) in [6.07, 6.45) is 0. The molecule has 135 heavy (non-hydrogen) atoms. The zero-order valence-corrected chi connectivity index (χ0v) is 73.4. The summed E-state index contributed by atoms with van der Waals surface area (Å²) in [6, 6.07) is 158. The van der Waals surface area contributed by atoms with Crippen LogP contribution in [0.5, 0.6) is 0 Å². The van der Waals surface area contributed by atoms with Crippen LogP contribution in [0, 0.1) is 0 Å². The molecule has 20 aromatic carbocycles. The average Bonchev–Trinajstić information content (AvgIpc) is 1.71. The molecule has 26 rings (SSSR count). The first-order valence-electron chi connectivity index (χ1n) is 44.9. The van der Waals surface area contributed by atoms with Crippen molar-refractivity contribution in [1.29, 1.82) is 0 Å².